The standard InChI is InChI=1S/C32H33FN6O10/c1-3-32(47)18-6-22-28-16(10-39(22)29(43)17(18)11-49-30(32)44)27-20(5-4-15-14(2)19(33)7-21(38-28)26(15)27)37-24(41)9-34-25(42)12-48-13-36-23(40)8-35-31(45)46/h6-7,20,35,47H,3-5,8-13H2,1-2H3,(H,34,42)(H,36,40)(H,37,41)(H,45,46)/t20-,32-/m0/s1. The number of rotatable bonds is 10. The predicted octanol–water partition coefficient (Wildman–Crippen LogP) is 0.105. The van der Waals surface area contributed by atoms with Gasteiger partial charge in [0.2, 0.25) is 17.7 Å². The van der Waals surface area contributed by atoms with Crippen molar-refractivity contribution >= 4 is 40.7 Å². The van der Waals surface area contributed by atoms with Gasteiger partial charge in [-0.1, -0.05) is 6.92 Å². The number of amides is 4. The summed E-state index contributed by atoms with van der Waals surface area (Å²) in [5.41, 5.74) is 1.35. The number of cyclic esters (lactones) is 1. The van der Waals surface area contributed by atoms with E-state index in [1.807, 2.05) is 5.32 Å². The molecule has 2 aliphatic heterocycles. The van der Waals surface area contributed by atoms with Crippen LogP contribution in [0.2, 0.25) is 0 Å². The topological polar surface area (TPSA) is 227 Å². The van der Waals surface area contributed by atoms with Crippen molar-refractivity contribution in [3.63, 3.8) is 0 Å². The Morgan fingerprint density at radius 1 is 1.08 bits per heavy atom. The molecule has 0 saturated carbocycles. The molecule has 0 radical (unpaired) electrons. The fraction of sp³-hybridized carbons (Fsp3) is 0.406. The highest BCUT2D eigenvalue weighted by molar-refractivity contribution is 5.94. The zero-order valence-corrected chi connectivity index (χ0v) is 26.5. The second kappa shape index (κ2) is 12.9. The van der Waals surface area contributed by atoms with Gasteiger partial charge >= 0.3 is 12.1 Å². The van der Waals surface area contributed by atoms with E-state index in [0.717, 1.165) is 5.56 Å². The fourth-order valence-corrected chi connectivity index (χ4v) is 6.67. The lowest BCUT2D eigenvalue weighted by Crippen LogP contribution is -2.44. The summed E-state index contributed by atoms with van der Waals surface area (Å²) in [6, 6.07) is 2.28. The Bertz CT molecular complexity index is 2010. The summed E-state index contributed by atoms with van der Waals surface area (Å²) < 4.78 is 26.8. The molecule has 3 aromatic rings. The van der Waals surface area contributed by atoms with Crippen LogP contribution in [0.25, 0.3) is 22.3 Å². The minimum atomic E-state index is -2.02. The van der Waals surface area contributed by atoms with Gasteiger partial charge in [-0.25, -0.2) is 19.0 Å². The zero-order valence-electron chi connectivity index (χ0n) is 26.5. The average molecular weight is 681 g/mol. The van der Waals surface area contributed by atoms with Crippen LogP contribution in [-0.4, -0.2) is 76.0 Å². The van der Waals surface area contributed by atoms with Crippen molar-refractivity contribution in [2.45, 2.75) is 57.9 Å². The highest BCUT2D eigenvalue weighted by Crippen LogP contribution is 2.45. The Balaban J connectivity index is 1.24. The van der Waals surface area contributed by atoms with E-state index in [1.165, 1.54) is 10.6 Å². The van der Waals surface area contributed by atoms with Gasteiger partial charge in [-0.2, -0.15) is 0 Å². The largest absolute Gasteiger partial charge is 0.465 e. The molecule has 4 amide bonds. The molecule has 6 rings (SSSR count). The summed E-state index contributed by atoms with van der Waals surface area (Å²) in [5, 5.41) is 29.9. The lowest BCUT2D eigenvalue weighted by atomic mass is 9.81. The van der Waals surface area contributed by atoms with Crippen LogP contribution in [0, 0.1) is 12.7 Å². The third kappa shape index (κ3) is 5.95. The number of pyridine rings is 2. The van der Waals surface area contributed by atoms with Crippen molar-refractivity contribution in [2.24, 2.45) is 0 Å². The first-order valence-electron chi connectivity index (χ1n) is 15.5. The monoisotopic (exact) mass is 680 g/mol. The maximum absolute atomic E-state index is 15.1. The Kier molecular flexibility index (Phi) is 8.81. The average Bonchev–Trinajstić information content (AvgIpc) is 3.44. The molecule has 0 spiro atoms. The van der Waals surface area contributed by atoms with Crippen LogP contribution in [0.15, 0.2) is 16.9 Å². The molecule has 16 nitrogen and oxygen atoms in total. The van der Waals surface area contributed by atoms with Crippen molar-refractivity contribution in [3.8, 4) is 11.4 Å². The minimum Gasteiger partial charge on any atom is -0.465 e. The number of carbonyl (C=O) groups is 5. The third-order valence-corrected chi connectivity index (χ3v) is 9.16. The predicted molar refractivity (Wildman–Crippen MR) is 166 cm³/mol. The van der Waals surface area contributed by atoms with Crippen molar-refractivity contribution in [1.82, 2.24) is 30.8 Å². The number of halogens is 1. The summed E-state index contributed by atoms with van der Waals surface area (Å²) in [7, 11) is 0. The number of aryl methyl sites for hydroxylation is 1. The van der Waals surface area contributed by atoms with Crippen LogP contribution in [0.1, 0.15) is 59.2 Å². The van der Waals surface area contributed by atoms with E-state index in [-0.39, 0.29) is 37.4 Å². The summed E-state index contributed by atoms with van der Waals surface area (Å²) in [6.07, 6.45) is -0.580. The van der Waals surface area contributed by atoms with Crippen LogP contribution in [0.5, 0.6) is 0 Å². The molecular weight excluding hydrogens is 647 g/mol. The molecule has 17 heteroatoms. The van der Waals surface area contributed by atoms with Gasteiger partial charge in [0.1, 0.15) is 32.3 Å². The molecule has 4 heterocycles. The van der Waals surface area contributed by atoms with Gasteiger partial charge in [0.05, 0.1) is 41.6 Å². The van der Waals surface area contributed by atoms with Crippen LogP contribution < -0.4 is 26.8 Å². The minimum absolute atomic E-state index is 0.0293. The molecule has 0 unspecified atom stereocenters. The number of carboxylic acid groups (broad SMARTS) is 1. The van der Waals surface area contributed by atoms with E-state index < -0.39 is 72.5 Å². The Morgan fingerprint density at radius 3 is 2.57 bits per heavy atom. The Hall–Kier alpha value is -5.42. The van der Waals surface area contributed by atoms with Crippen molar-refractivity contribution in [3.05, 3.63) is 61.7 Å². The number of ether oxygens (including phenoxy) is 2. The van der Waals surface area contributed by atoms with Gasteiger partial charge in [-0.05, 0) is 48.9 Å². The van der Waals surface area contributed by atoms with Crippen LogP contribution in [-0.2, 0) is 53.8 Å². The first-order chi connectivity index (χ1) is 23.3. The molecule has 0 saturated heterocycles. The third-order valence-electron chi connectivity index (χ3n) is 9.16. The fourth-order valence-electron chi connectivity index (χ4n) is 6.67. The quantitative estimate of drug-likeness (QED) is 0.0748. The van der Waals surface area contributed by atoms with Crippen LogP contribution >= 0.6 is 0 Å². The number of aromatic nitrogens is 2. The molecule has 1 aromatic carbocycles. The Labute approximate surface area is 277 Å². The molecule has 3 aliphatic rings. The molecule has 1 aliphatic carbocycles. The van der Waals surface area contributed by atoms with E-state index in [9.17, 15) is 33.9 Å². The maximum atomic E-state index is 15.1. The lowest BCUT2D eigenvalue weighted by molar-refractivity contribution is -0.172. The van der Waals surface area contributed by atoms with Gasteiger partial charge in [0.25, 0.3) is 5.56 Å². The number of carbonyl (C=O) groups excluding carboxylic acids is 4. The molecule has 2 aromatic heterocycles. The van der Waals surface area contributed by atoms with E-state index >= 15 is 4.39 Å². The number of nitrogens with zero attached hydrogens (tertiary/aromatic N) is 2. The first-order valence-corrected chi connectivity index (χ1v) is 15.5. The number of esters is 1. The maximum Gasteiger partial charge on any atom is 0.405 e. The van der Waals surface area contributed by atoms with Gasteiger partial charge in [-0.3, -0.25) is 19.2 Å². The molecule has 0 bridgehead atoms. The second-order valence-electron chi connectivity index (χ2n) is 12.0. The summed E-state index contributed by atoms with van der Waals surface area (Å²) >= 11 is 0. The molecular formula is C32H33FN6O10. The highest BCUT2D eigenvalue weighted by Gasteiger charge is 2.46. The molecule has 0 fully saturated rings. The van der Waals surface area contributed by atoms with E-state index in [1.54, 1.807) is 19.9 Å². The zero-order chi connectivity index (χ0) is 35.2. The number of aliphatic hydroxyl groups is 1. The van der Waals surface area contributed by atoms with Crippen molar-refractivity contribution in [1.29, 1.82) is 0 Å². The van der Waals surface area contributed by atoms with Gasteiger partial charge in [0, 0.05) is 22.6 Å². The molecule has 258 valence electrons. The van der Waals surface area contributed by atoms with Gasteiger partial charge < -0.3 is 45.5 Å². The smallest absolute Gasteiger partial charge is 0.405 e. The molecule has 2 atom stereocenters. The first kappa shape index (κ1) is 33.5. The van der Waals surface area contributed by atoms with E-state index in [2.05, 4.69) is 16.0 Å². The number of hydrogen-bond acceptors (Lipinski definition) is 10. The highest BCUT2D eigenvalue weighted by atomic mass is 19.1. The molecule has 49 heavy (non-hydrogen) atoms. The number of nitrogens with one attached hydrogen (secondary N) is 4. The number of hydrogen-bond donors (Lipinski definition) is 6. The second-order valence-corrected chi connectivity index (χ2v) is 12.0. The summed E-state index contributed by atoms with van der Waals surface area (Å²) in [4.78, 5) is 78.4. The van der Waals surface area contributed by atoms with Crippen LogP contribution in [0.3, 0.4) is 0 Å². The normalized spacial score (nSPS) is 18.5. The number of benzene rings is 1. The van der Waals surface area contributed by atoms with Crippen molar-refractivity contribution in [2.75, 3.05) is 26.4 Å². The van der Waals surface area contributed by atoms with Gasteiger partial charge in [0.15, 0.2) is 5.60 Å². The van der Waals surface area contributed by atoms with E-state index in [4.69, 9.17) is 19.6 Å². The Morgan fingerprint density at radius 2 is 1.84 bits per heavy atom. The molecule has 6 N–H and O–H groups in total. The summed E-state index contributed by atoms with van der Waals surface area (Å²) in [5.74, 6) is -3.14. The van der Waals surface area contributed by atoms with Crippen LogP contribution in [0.4, 0.5) is 9.18 Å². The van der Waals surface area contributed by atoms with Gasteiger partial charge in [-0.15, -0.1) is 0 Å². The lowest BCUT2D eigenvalue weighted by Gasteiger charge is -2.31. The number of fused-ring (bicyclic) bond motifs is 5. The van der Waals surface area contributed by atoms with Crippen molar-refractivity contribution < 1.29 is 48.0 Å². The SMILES string of the molecule is CC[C@@]1(O)C(=O)OCc2c1cc1n(c2=O)Cc2c-1nc1cc(F)c(C)c3c1c2[C@@H](NC(=O)CNC(=O)COCNC(=O)CNC(=O)O)CC3. The summed E-state index contributed by atoms with van der Waals surface area (Å²) in [6.45, 7) is 1.32. The van der Waals surface area contributed by atoms with E-state index in [0.29, 0.717) is 51.8 Å².